The van der Waals surface area contributed by atoms with E-state index in [4.69, 9.17) is 5.73 Å². The molecule has 5 heteroatoms. The number of allylic oxidation sites excluding steroid dienone is 2. The minimum atomic E-state index is -0.313. The van der Waals surface area contributed by atoms with E-state index >= 15 is 0 Å². The summed E-state index contributed by atoms with van der Waals surface area (Å²) in [7, 11) is 0. The Balaban J connectivity index is 1.42. The number of nitrogens with zero attached hydrogens (tertiary/aromatic N) is 2. The van der Waals surface area contributed by atoms with Gasteiger partial charge in [0.05, 0.1) is 0 Å². The number of hydrogen-bond donors (Lipinski definition) is 1. The normalized spacial score (nSPS) is 41.5. The van der Waals surface area contributed by atoms with Crippen LogP contribution in [0.15, 0.2) is 12.2 Å². The van der Waals surface area contributed by atoms with Crippen LogP contribution in [-0.2, 0) is 9.59 Å². The Bertz CT molecular complexity index is 524. The van der Waals surface area contributed by atoms with Gasteiger partial charge in [0.25, 0.3) is 0 Å². The Labute approximate surface area is 137 Å². The second-order valence-electron chi connectivity index (χ2n) is 8.01. The molecule has 0 radical (unpaired) electrons. The molecular weight excluding hydrogens is 290 g/mol. The highest BCUT2D eigenvalue weighted by Gasteiger charge is 2.48. The van der Waals surface area contributed by atoms with E-state index in [0.717, 1.165) is 13.1 Å². The van der Waals surface area contributed by atoms with Crippen molar-refractivity contribution in [3.8, 4) is 0 Å². The zero-order valence-corrected chi connectivity index (χ0v) is 13.9. The maximum Gasteiger partial charge on any atom is 0.312 e. The molecule has 5 rings (SSSR count). The fourth-order valence-corrected chi connectivity index (χ4v) is 5.28. The van der Waals surface area contributed by atoms with Crippen molar-refractivity contribution in [1.82, 2.24) is 9.80 Å². The SMILES string of the molecule is CC1CN(C(=O)C(=O)N2C[C@@H]3[C@H](C2)[C@H]2C=C[C@@H]3CC2)CC1CN. The van der Waals surface area contributed by atoms with E-state index < -0.39 is 0 Å². The van der Waals surface area contributed by atoms with Crippen LogP contribution >= 0.6 is 0 Å². The first-order chi connectivity index (χ1) is 11.1. The summed E-state index contributed by atoms with van der Waals surface area (Å²) in [5.74, 6) is 2.49. The van der Waals surface area contributed by atoms with Crippen LogP contribution in [0.2, 0.25) is 0 Å². The van der Waals surface area contributed by atoms with Crippen LogP contribution < -0.4 is 5.73 Å². The molecule has 3 fully saturated rings. The number of hydrogen-bond acceptors (Lipinski definition) is 3. The van der Waals surface area contributed by atoms with Crippen LogP contribution in [0.4, 0.5) is 0 Å². The van der Waals surface area contributed by atoms with Crippen LogP contribution in [0.25, 0.3) is 0 Å². The predicted molar refractivity (Wildman–Crippen MR) is 87.2 cm³/mol. The lowest BCUT2D eigenvalue weighted by Gasteiger charge is -2.40. The molecule has 3 aliphatic carbocycles. The molecule has 5 aliphatic rings. The van der Waals surface area contributed by atoms with Crippen LogP contribution in [0, 0.1) is 35.5 Å². The van der Waals surface area contributed by atoms with Crippen molar-refractivity contribution in [2.75, 3.05) is 32.7 Å². The summed E-state index contributed by atoms with van der Waals surface area (Å²) in [6.45, 7) is 5.54. The molecule has 23 heavy (non-hydrogen) atoms. The lowest BCUT2D eigenvalue weighted by atomic mass is 9.64. The Morgan fingerprint density at radius 2 is 1.48 bits per heavy atom. The van der Waals surface area contributed by atoms with Gasteiger partial charge in [-0.25, -0.2) is 0 Å². The number of nitrogens with two attached hydrogens (primary N) is 1. The number of amides is 2. The van der Waals surface area contributed by atoms with E-state index in [1.165, 1.54) is 12.8 Å². The largest absolute Gasteiger partial charge is 0.334 e. The quantitative estimate of drug-likeness (QED) is 0.572. The van der Waals surface area contributed by atoms with Gasteiger partial charge < -0.3 is 15.5 Å². The number of rotatable bonds is 1. The summed E-state index contributed by atoms with van der Waals surface area (Å²) in [4.78, 5) is 28.8. The minimum absolute atomic E-state index is 0.288. The van der Waals surface area contributed by atoms with E-state index in [0.29, 0.717) is 55.1 Å². The molecule has 0 aromatic carbocycles. The van der Waals surface area contributed by atoms with Crippen molar-refractivity contribution >= 4 is 11.8 Å². The van der Waals surface area contributed by atoms with Gasteiger partial charge in [0, 0.05) is 26.2 Å². The molecule has 2 unspecified atom stereocenters. The zero-order chi connectivity index (χ0) is 16.1. The van der Waals surface area contributed by atoms with Crippen molar-refractivity contribution in [3.05, 3.63) is 12.2 Å². The molecule has 2 saturated heterocycles. The van der Waals surface area contributed by atoms with E-state index in [9.17, 15) is 9.59 Å². The third kappa shape index (κ3) is 2.40. The van der Waals surface area contributed by atoms with E-state index in [-0.39, 0.29) is 11.8 Å². The first-order valence-corrected chi connectivity index (χ1v) is 9.05. The second kappa shape index (κ2) is 5.62. The third-order valence-electron chi connectivity index (χ3n) is 6.78. The highest BCUT2D eigenvalue weighted by molar-refractivity contribution is 6.35. The Morgan fingerprint density at radius 1 is 0.957 bits per heavy atom. The van der Waals surface area contributed by atoms with Crippen molar-refractivity contribution < 1.29 is 9.59 Å². The fourth-order valence-electron chi connectivity index (χ4n) is 5.28. The van der Waals surface area contributed by atoms with Crippen molar-refractivity contribution in [3.63, 3.8) is 0 Å². The summed E-state index contributed by atoms with van der Waals surface area (Å²) in [6, 6.07) is 0. The average Bonchev–Trinajstić information content (AvgIpc) is 3.19. The van der Waals surface area contributed by atoms with Gasteiger partial charge in [-0.15, -0.1) is 0 Å². The van der Waals surface area contributed by atoms with Gasteiger partial charge >= 0.3 is 11.8 Å². The Hall–Kier alpha value is -1.36. The maximum atomic E-state index is 12.7. The minimum Gasteiger partial charge on any atom is -0.334 e. The number of carbonyl (C=O) groups is 2. The molecule has 6 atom stereocenters. The molecule has 0 aromatic heterocycles. The van der Waals surface area contributed by atoms with Crippen molar-refractivity contribution in [2.45, 2.75) is 19.8 Å². The van der Waals surface area contributed by atoms with E-state index in [1.54, 1.807) is 4.90 Å². The molecule has 0 aromatic rings. The summed E-state index contributed by atoms with van der Waals surface area (Å²) in [5, 5.41) is 0. The number of fused-ring (bicyclic) bond motifs is 1. The molecule has 2 aliphatic heterocycles. The Kier molecular flexibility index (Phi) is 3.71. The Morgan fingerprint density at radius 3 is 1.91 bits per heavy atom. The molecule has 2 N–H and O–H groups in total. The summed E-state index contributed by atoms with van der Waals surface area (Å²) in [6.07, 6.45) is 7.19. The van der Waals surface area contributed by atoms with Crippen LogP contribution in [0.5, 0.6) is 0 Å². The standard InChI is InChI=1S/C18H27N3O2/c1-11-7-20(8-14(11)6-19)17(22)18(23)21-9-15-12-2-3-13(5-4-12)16(15)10-21/h2-3,11-16H,4-10,19H2,1H3/t11?,12-,13+,14?,15+,16-. The van der Waals surface area contributed by atoms with E-state index in [2.05, 4.69) is 19.1 Å². The monoisotopic (exact) mass is 317 g/mol. The summed E-state index contributed by atoms with van der Waals surface area (Å²) in [5.41, 5.74) is 5.76. The average molecular weight is 317 g/mol. The first kappa shape index (κ1) is 15.2. The highest BCUT2D eigenvalue weighted by atomic mass is 16.2. The summed E-state index contributed by atoms with van der Waals surface area (Å²) >= 11 is 0. The molecule has 2 heterocycles. The molecule has 2 amide bonds. The van der Waals surface area contributed by atoms with Gasteiger partial charge in [-0.05, 0) is 54.9 Å². The van der Waals surface area contributed by atoms with Crippen molar-refractivity contribution in [2.24, 2.45) is 41.2 Å². The highest BCUT2D eigenvalue weighted by Crippen LogP contribution is 2.48. The smallest absolute Gasteiger partial charge is 0.312 e. The van der Waals surface area contributed by atoms with Gasteiger partial charge in [0.1, 0.15) is 0 Å². The van der Waals surface area contributed by atoms with Crippen LogP contribution in [-0.4, -0.2) is 54.3 Å². The molecule has 1 saturated carbocycles. The van der Waals surface area contributed by atoms with Crippen LogP contribution in [0.1, 0.15) is 19.8 Å². The fraction of sp³-hybridized carbons (Fsp3) is 0.778. The molecule has 126 valence electrons. The van der Waals surface area contributed by atoms with Gasteiger partial charge in [-0.3, -0.25) is 9.59 Å². The number of carbonyl (C=O) groups excluding carboxylic acids is 2. The molecular formula is C18H27N3O2. The zero-order valence-electron chi connectivity index (χ0n) is 13.9. The van der Waals surface area contributed by atoms with Gasteiger partial charge in [0.2, 0.25) is 0 Å². The first-order valence-electron chi connectivity index (χ1n) is 9.05. The van der Waals surface area contributed by atoms with Crippen LogP contribution in [0.3, 0.4) is 0 Å². The number of likely N-dealkylation sites (tertiary alicyclic amines) is 2. The molecule has 0 spiro atoms. The van der Waals surface area contributed by atoms with Crippen molar-refractivity contribution in [1.29, 1.82) is 0 Å². The predicted octanol–water partition coefficient (Wildman–Crippen LogP) is 0.710. The maximum absolute atomic E-state index is 12.7. The second-order valence-corrected chi connectivity index (χ2v) is 8.01. The lowest BCUT2D eigenvalue weighted by Crippen LogP contribution is -2.44. The lowest BCUT2D eigenvalue weighted by molar-refractivity contribution is -0.150. The van der Waals surface area contributed by atoms with Gasteiger partial charge in [0.15, 0.2) is 0 Å². The topological polar surface area (TPSA) is 66.6 Å². The van der Waals surface area contributed by atoms with E-state index in [1.807, 2.05) is 4.90 Å². The molecule has 5 nitrogen and oxygen atoms in total. The molecule has 2 bridgehead atoms. The van der Waals surface area contributed by atoms with Gasteiger partial charge in [-0.2, -0.15) is 0 Å². The summed E-state index contributed by atoms with van der Waals surface area (Å²) < 4.78 is 0. The third-order valence-corrected chi connectivity index (χ3v) is 6.78. The van der Waals surface area contributed by atoms with Gasteiger partial charge in [-0.1, -0.05) is 19.1 Å².